The van der Waals surface area contributed by atoms with E-state index in [4.69, 9.17) is 11.6 Å². The quantitative estimate of drug-likeness (QED) is 0.625. The Balaban J connectivity index is 2.41. The van der Waals surface area contributed by atoms with E-state index in [2.05, 4.69) is 4.98 Å². The molecule has 3 rings (SSSR count). The first-order valence-electron chi connectivity index (χ1n) is 5.12. The number of benzene rings is 1. The van der Waals surface area contributed by atoms with Gasteiger partial charge < -0.3 is 0 Å². The second-order valence-electron chi connectivity index (χ2n) is 3.86. The summed E-state index contributed by atoms with van der Waals surface area (Å²) in [5.41, 5.74) is -0.0282. The predicted molar refractivity (Wildman–Crippen MR) is 62.5 cm³/mol. The zero-order chi connectivity index (χ0) is 12.9. The van der Waals surface area contributed by atoms with Gasteiger partial charge in [-0.05, 0) is 18.2 Å². The Bertz CT molecular complexity index is 652. The summed E-state index contributed by atoms with van der Waals surface area (Å²) in [7, 11) is 0. The van der Waals surface area contributed by atoms with Crippen molar-refractivity contribution in [2.45, 2.75) is 0 Å². The van der Waals surface area contributed by atoms with Crippen LogP contribution < -0.4 is 0 Å². The Labute approximate surface area is 106 Å². The maximum atomic E-state index is 13.7. The molecule has 1 aromatic carbocycles. The van der Waals surface area contributed by atoms with Crippen molar-refractivity contribution in [3.05, 3.63) is 63.7 Å². The fourth-order valence-corrected chi connectivity index (χ4v) is 2.28. The van der Waals surface area contributed by atoms with E-state index in [-0.39, 0.29) is 27.3 Å². The zero-order valence-electron chi connectivity index (χ0n) is 8.91. The summed E-state index contributed by atoms with van der Waals surface area (Å²) >= 11 is 5.88. The van der Waals surface area contributed by atoms with E-state index in [1.165, 1.54) is 24.5 Å². The van der Waals surface area contributed by atoms with Gasteiger partial charge in [0.15, 0.2) is 11.6 Å². The minimum Gasteiger partial charge on any atom is -0.288 e. The molecule has 0 bridgehead atoms. The van der Waals surface area contributed by atoms with Gasteiger partial charge in [-0.2, -0.15) is 0 Å². The van der Waals surface area contributed by atoms with Crippen molar-refractivity contribution in [3.8, 4) is 0 Å². The van der Waals surface area contributed by atoms with Crippen molar-refractivity contribution in [1.82, 2.24) is 4.98 Å². The van der Waals surface area contributed by atoms with E-state index in [1.54, 1.807) is 0 Å². The third-order valence-corrected chi connectivity index (χ3v) is 3.18. The molecular formula is C13H5ClFNO2. The van der Waals surface area contributed by atoms with Crippen molar-refractivity contribution in [1.29, 1.82) is 0 Å². The summed E-state index contributed by atoms with van der Waals surface area (Å²) in [5.74, 6) is -1.76. The summed E-state index contributed by atoms with van der Waals surface area (Å²) < 4.78 is 13.7. The lowest BCUT2D eigenvalue weighted by atomic mass is 9.85. The molecule has 1 heterocycles. The molecule has 2 aromatic rings. The molecule has 0 fully saturated rings. The van der Waals surface area contributed by atoms with Crippen LogP contribution >= 0.6 is 11.6 Å². The van der Waals surface area contributed by atoms with Crippen LogP contribution in [0.1, 0.15) is 31.8 Å². The van der Waals surface area contributed by atoms with Gasteiger partial charge >= 0.3 is 0 Å². The Kier molecular flexibility index (Phi) is 2.28. The SMILES string of the molecule is O=C1c2ccncc2C(=O)c2c(Cl)ccc(F)c21. The molecule has 0 saturated carbocycles. The summed E-state index contributed by atoms with van der Waals surface area (Å²) in [4.78, 5) is 28.1. The average Bonchev–Trinajstić information content (AvgIpc) is 2.38. The number of carbonyl (C=O) groups is 2. The van der Waals surface area contributed by atoms with Gasteiger partial charge in [-0.3, -0.25) is 14.6 Å². The number of ketones is 2. The molecule has 0 unspecified atom stereocenters. The first-order valence-corrected chi connectivity index (χ1v) is 5.50. The van der Waals surface area contributed by atoms with Gasteiger partial charge in [0, 0.05) is 18.0 Å². The zero-order valence-corrected chi connectivity index (χ0v) is 9.66. The number of halogens is 2. The highest BCUT2D eigenvalue weighted by molar-refractivity contribution is 6.39. The van der Waals surface area contributed by atoms with Gasteiger partial charge in [-0.1, -0.05) is 11.6 Å². The molecule has 3 nitrogen and oxygen atoms in total. The van der Waals surface area contributed by atoms with E-state index in [0.717, 1.165) is 6.07 Å². The van der Waals surface area contributed by atoms with Crippen LogP contribution in [0.5, 0.6) is 0 Å². The first kappa shape index (κ1) is 11.0. The Morgan fingerprint density at radius 1 is 1.00 bits per heavy atom. The Hall–Kier alpha value is -2.07. The molecule has 0 spiro atoms. The smallest absolute Gasteiger partial charge is 0.197 e. The molecule has 18 heavy (non-hydrogen) atoms. The third-order valence-electron chi connectivity index (χ3n) is 2.87. The van der Waals surface area contributed by atoms with E-state index in [0.29, 0.717) is 0 Å². The standard InChI is InChI=1S/C13H5ClFNO2/c14-8-1-2-9(15)11-10(8)13(18)7-5-16-4-3-6(7)12(11)17/h1-5H. The number of nitrogens with zero attached hydrogens (tertiary/aromatic N) is 1. The van der Waals surface area contributed by atoms with Crippen LogP contribution in [0.4, 0.5) is 4.39 Å². The van der Waals surface area contributed by atoms with E-state index in [1.807, 2.05) is 0 Å². The third kappa shape index (κ3) is 1.32. The van der Waals surface area contributed by atoms with E-state index in [9.17, 15) is 14.0 Å². The van der Waals surface area contributed by atoms with Crippen LogP contribution in [0.25, 0.3) is 0 Å². The van der Waals surface area contributed by atoms with Crippen molar-refractivity contribution in [2.24, 2.45) is 0 Å². The highest BCUT2D eigenvalue weighted by atomic mass is 35.5. The van der Waals surface area contributed by atoms with E-state index >= 15 is 0 Å². The van der Waals surface area contributed by atoms with Gasteiger partial charge in [0.25, 0.3) is 0 Å². The van der Waals surface area contributed by atoms with Crippen molar-refractivity contribution in [2.75, 3.05) is 0 Å². The van der Waals surface area contributed by atoms with Crippen molar-refractivity contribution >= 4 is 23.2 Å². The monoisotopic (exact) mass is 261 g/mol. The molecule has 0 aliphatic heterocycles. The molecular weight excluding hydrogens is 257 g/mol. The number of aromatic nitrogens is 1. The molecule has 88 valence electrons. The van der Waals surface area contributed by atoms with Crippen LogP contribution in [0.15, 0.2) is 30.6 Å². The fraction of sp³-hybridized carbons (Fsp3) is 0. The van der Waals surface area contributed by atoms with Gasteiger partial charge in [0.05, 0.1) is 21.7 Å². The van der Waals surface area contributed by atoms with Crippen LogP contribution in [0, 0.1) is 5.82 Å². The van der Waals surface area contributed by atoms with Gasteiger partial charge in [0.1, 0.15) is 5.82 Å². The number of carbonyl (C=O) groups excluding carboxylic acids is 2. The highest BCUT2D eigenvalue weighted by Gasteiger charge is 2.33. The molecule has 1 aliphatic carbocycles. The molecule has 1 aliphatic rings. The lowest BCUT2D eigenvalue weighted by Gasteiger charge is -2.18. The molecule has 0 N–H and O–H groups in total. The number of rotatable bonds is 0. The Morgan fingerprint density at radius 3 is 2.50 bits per heavy atom. The number of fused-ring (bicyclic) bond motifs is 2. The minimum atomic E-state index is -0.741. The molecule has 0 radical (unpaired) electrons. The van der Waals surface area contributed by atoms with E-state index < -0.39 is 17.4 Å². The van der Waals surface area contributed by atoms with Crippen LogP contribution in [0.2, 0.25) is 5.02 Å². The topological polar surface area (TPSA) is 47.0 Å². The van der Waals surface area contributed by atoms with Crippen molar-refractivity contribution < 1.29 is 14.0 Å². The van der Waals surface area contributed by atoms with Gasteiger partial charge in [-0.25, -0.2) is 4.39 Å². The average molecular weight is 262 g/mol. The lowest BCUT2D eigenvalue weighted by Crippen LogP contribution is -2.23. The summed E-state index contributed by atoms with van der Waals surface area (Å²) in [6, 6.07) is 3.75. The molecule has 1 aromatic heterocycles. The fourth-order valence-electron chi connectivity index (χ4n) is 2.04. The first-order chi connectivity index (χ1) is 8.61. The highest BCUT2D eigenvalue weighted by Crippen LogP contribution is 2.32. The number of hydrogen-bond donors (Lipinski definition) is 0. The van der Waals surface area contributed by atoms with Crippen LogP contribution in [-0.4, -0.2) is 16.6 Å². The maximum Gasteiger partial charge on any atom is 0.197 e. The summed E-state index contributed by atoms with van der Waals surface area (Å²) in [6.07, 6.45) is 2.68. The maximum absolute atomic E-state index is 13.7. The largest absolute Gasteiger partial charge is 0.288 e. The molecule has 5 heteroatoms. The molecule has 0 amide bonds. The predicted octanol–water partition coefficient (Wildman–Crippen LogP) is 2.65. The second-order valence-corrected chi connectivity index (χ2v) is 4.27. The summed E-state index contributed by atoms with van der Waals surface area (Å²) in [6.45, 7) is 0. The van der Waals surface area contributed by atoms with Crippen molar-refractivity contribution in [3.63, 3.8) is 0 Å². The molecule has 0 saturated heterocycles. The lowest BCUT2D eigenvalue weighted by molar-refractivity contribution is 0.0975. The van der Waals surface area contributed by atoms with Gasteiger partial charge in [0.2, 0.25) is 0 Å². The summed E-state index contributed by atoms with van der Waals surface area (Å²) in [5, 5.41) is 0.0688. The molecule has 0 atom stereocenters. The normalized spacial score (nSPS) is 13.2. The number of pyridine rings is 1. The minimum absolute atomic E-state index is 0.0688. The van der Waals surface area contributed by atoms with Gasteiger partial charge in [-0.15, -0.1) is 0 Å². The number of hydrogen-bond acceptors (Lipinski definition) is 3. The second kappa shape index (κ2) is 3.71. The van der Waals surface area contributed by atoms with Crippen LogP contribution in [0.3, 0.4) is 0 Å². The van der Waals surface area contributed by atoms with Crippen LogP contribution in [-0.2, 0) is 0 Å². The Morgan fingerprint density at radius 2 is 1.72 bits per heavy atom.